The Morgan fingerprint density at radius 3 is 2.65 bits per heavy atom. The fourth-order valence-corrected chi connectivity index (χ4v) is 2.79. The number of hydrogen-bond donors (Lipinski definition) is 1. The third kappa shape index (κ3) is 2.80. The molecule has 2 saturated heterocycles. The quantitative estimate of drug-likeness (QED) is 0.801. The molecular weight excluding hydrogens is 216 g/mol. The van der Waals surface area contributed by atoms with Crippen LogP contribution >= 0.6 is 0 Å². The summed E-state index contributed by atoms with van der Waals surface area (Å²) in [6.45, 7) is 8.02. The van der Waals surface area contributed by atoms with Crippen molar-refractivity contribution in [2.75, 3.05) is 13.2 Å². The number of nitrogens with one attached hydrogen (secondary N) is 1. The van der Waals surface area contributed by atoms with E-state index in [1.54, 1.807) is 0 Å². The largest absolute Gasteiger partial charge is 0.377 e. The van der Waals surface area contributed by atoms with Gasteiger partial charge < -0.3 is 15.0 Å². The predicted molar refractivity (Wildman–Crippen MR) is 66.8 cm³/mol. The summed E-state index contributed by atoms with van der Waals surface area (Å²) < 4.78 is 5.65. The molecule has 98 valence electrons. The first-order valence-corrected chi connectivity index (χ1v) is 6.77. The third-order valence-corrected chi connectivity index (χ3v) is 3.85. The summed E-state index contributed by atoms with van der Waals surface area (Å²) in [5, 5.41) is 3.44. The SMILES string of the molecule is CC(C)N1CC[C@@H](N[C@@H](C)[C@@H]2CCCO2)C1=O. The van der Waals surface area contributed by atoms with Crippen molar-refractivity contribution in [1.82, 2.24) is 10.2 Å². The van der Waals surface area contributed by atoms with Crippen molar-refractivity contribution in [3.05, 3.63) is 0 Å². The van der Waals surface area contributed by atoms with Gasteiger partial charge in [-0.05, 0) is 40.0 Å². The van der Waals surface area contributed by atoms with E-state index in [1.165, 1.54) is 0 Å². The molecule has 2 heterocycles. The molecule has 0 bridgehead atoms. The monoisotopic (exact) mass is 240 g/mol. The highest BCUT2D eigenvalue weighted by Gasteiger charge is 2.35. The summed E-state index contributed by atoms with van der Waals surface area (Å²) in [5.74, 6) is 0.254. The van der Waals surface area contributed by atoms with Crippen LogP contribution in [0, 0.1) is 0 Å². The van der Waals surface area contributed by atoms with Gasteiger partial charge in [-0.25, -0.2) is 0 Å². The first-order chi connectivity index (χ1) is 8.09. The summed E-state index contributed by atoms with van der Waals surface area (Å²) in [4.78, 5) is 14.1. The molecule has 2 aliphatic heterocycles. The van der Waals surface area contributed by atoms with E-state index in [2.05, 4.69) is 26.1 Å². The number of carbonyl (C=O) groups excluding carboxylic acids is 1. The van der Waals surface area contributed by atoms with Gasteiger partial charge in [-0.15, -0.1) is 0 Å². The van der Waals surface area contributed by atoms with Crippen molar-refractivity contribution in [2.45, 2.75) is 64.3 Å². The number of likely N-dealkylation sites (tertiary alicyclic amines) is 1. The van der Waals surface area contributed by atoms with E-state index >= 15 is 0 Å². The van der Waals surface area contributed by atoms with E-state index in [1.807, 2.05) is 4.90 Å². The molecule has 0 saturated carbocycles. The van der Waals surface area contributed by atoms with Crippen LogP contribution in [-0.2, 0) is 9.53 Å². The summed E-state index contributed by atoms with van der Waals surface area (Å²) in [5.41, 5.74) is 0. The molecule has 0 unspecified atom stereocenters. The van der Waals surface area contributed by atoms with Crippen LogP contribution < -0.4 is 5.32 Å². The third-order valence-electron chi connectivity index (χ3n) is 3.85. The lowest BCUT2D eigenvalue weighted by molar-refractivity contribution is -0.131. The smallest absolute Gasteiger partial charge is 0.240 e. The molecule has 2 fully saturated rings. The van der Waals surface area contributed by atoms with E-state index in [0.29, 0.717) is 6.04 Å². The van der Waals surface area contributed by atoms with Crippen molar-refractivity contribution < 1.29 is 9.53 Å². The molecule has 4 nitrogen and oxygen atoms in total. The molecular formula is C13H24N2O2. The topological polar surface area (TPSA) is 41.6 Å². The van der Waals surface area contributed by atoms with E-state index in [0.717, 1.165) is 32.4 Å². The molecule has 0 aromatic carbocycles. The maximum atomic E-state index is 12.1. The molecule has 3 atom stereocenters. The van der Waals surface area contributed by atoms with Gasteiger partial charge in [0, 0.05) is 25.2 Å². The highest BCUT2D eigenvalue weighted by atomic mass is 16.5. The lowest BCUT2D eigenvalue weighted by Gasteiger charge is -2.25. The number of amides is 1. The Labute approximate surface area is 104 Å². The highest BCUT2D eigenvalue weighted by Crippen LogP contribution is 2.19. The van der Waals surface area contributed by atoms with E-state index < -0.39 is 0 Å². The van der Waals surface area contributed by atoms with Crippen molar-refractivity contribution in [3.63, 3.8) is 0 Å². The first-order valence-electron chi connectivity index (χ1n) is 6.77. The van der Waals surface area contributed by atoms with Crippen LogP contribution in [0.5, 0.6) is 0 Å². The second-order valence-electron chi connectivity index (χ2n) is 5.47. The van der Waals surface area contributed by atoms with Gasteiger partial charge in [0.2, 0.25) is 5.91 Å². The number of nitrogens with zero attached hydrogens (tertiary/aromatic N) is 1. The maximum absolute atomic E-state index is 12.1. The molecule has 2 rings (SSSR count). The van der Waals surface area contributed by atoms with Crippen molar-refractivity contribution in [3.8, 4) is 0 Å². The lowest BCUT2D eigenvalue weighted by atomic mass is 10.1. The van der Waals surface area contributed by atoms with Crippen LogP contribution in [0.3, 0.4) is 0 Å². The van der Waals surface area contributed by atoms with Gasteiger partial charge in [-0.3, -0.25) is 4.79 Å². The van der Waals surface area contributed by atoms with Crippen LogP contribution in [0.15, 0.2) is 0 Å². The second-order valence-corrected chi connectivity index (χ2v) is 5.47. The minimum atomic E-state index is -0.00315. The molecule has 1 N–H and O–H groups in total. The predicted octanol–water partition coefficient (Wildman–Crippen LogP) is 1.15. The molecule has 0 spiro atoms. The molecule has 17 heavy (non-hydrogen) atoms. The van der Waals surface area contributed by atoms with Gasteiger partial charge in [0.15, 0.2) is 0 Å². The Morgan fingerprint density at radius 1 is 1.35 bits per heavy atom. The average molecular weight is 240 g/mol. The van der Waals surface area contributed by atoms with Crippen LogP contribution in [-0.4, -0.2) is 48.2 Å². The highest BCUT2D eigenvalue weighted by molar-refractivity contribution is 5.84. The molecule has 0 aromatic rings. The Balaban J connectivity index is 1.85. The van der Waals surface area contributed by atoms with Crippen LogP contribution in [0.4, 0.5) is 0 Å². The summed E-state index contributed by atoms with van der Waals surface area (Å²) in [7, 11) is 0. The molecule has 1 amide bonds. The van der Waals surface area contributed by atoms with Crippen LogP contribution in [0.1, 0.15) is 40.0 Å². The van der Waals surface area contributed by atoms with Gasteiger partial charge >= 0.3 is 0 Å². The minimum Gasteiger partial charge on any atom is -0.377 e. The van der Waals surface area contributed by atoms with Gasteiger partial charge in [0.05, 0.1) is 12.1 Å². The van der Waals surface area contributed by atoms with Gasteiger partial charge in [0.25, 0.3) is 0 Å². The molecule has 0 radical (unpaired) electrons. The lowest BCUT2D eigenvalue weighted by Crippen LogP contribution is -2.47. The maximum Gasteiger partial charge on any atom is 0.240 e. The zero-order chi connectivity index (χ0) is 12.4. The number of hydrogen-bond acceptors (Lipinski definition) is 3. The van der Waals surface area contributed by atoms with Gasteiger partial charge in [0.1, 0.15) is 0 Å². The standard InChI is InChI=1S/C13H24N2O2/c1-9(2)15-7-6-11(13(15)16)14-10(3)12-5-4-8-17-12/h9-12,14H,4-8H2,1-3H3/t10-,11+,12-/m0/s1. The Hall–Kier alpha value is -0.610. The first kappa shape index (κ1) is 12.8. The molecule has 2 aliphatic rings. The molecule has 4 heteroatoms. The number of ether oxygens (including phenoxy) is 1. The summed E-state index contributed by atoms with van der Waals surface area (Å²) in [6.07, 6.45) is 3.47. The van der Waals surface area contributed by atoms with E-state index in [-0.39, 0.29) is 24.1 Å². The zero-order valence-corrected chi connectivity index (χ0v) is 11.1. The molecule has 0 aromatic heterocycles. The Morgan fingerprint density at radius 2 is 2.12 bits per heavy atom. The average Bonchev–Trinajstić information content (AvgIpc) is 2.89. The van der Waals surface area contributed by atoms with E-state index in [4.69, 9.17) is 4.74 Å². The van der Waals surface area contributed by atoms with Crippen molar-refractivity contribution >= 4 is 5.91 Å². The fraction of sp³-hybridized carbons (Fsp3) is 0.923. The Kier molecular flexibility index (Phi) is 4.05. The number of carbonyl (C=O) groups is 1. The molecule has 0 aliphatic carbocycles. The summed E-state index contributed by atoms with van der Waals surface area (Å²) in [6, 6.07) is 0.586. The van der Waals surface area contributed by atoms with Crippen LogP contribution in [0.2, 0.25) is 0 Å². The van der Waals surface area contributed by atoms with E-state index in [9.17, 15) is 4.79 Å². The zero-order valence-electron chi connectivity index (χ0n) is 11.1. The summed E-state index contributed by atoms with van der Waals surface area (Å²) >= 11 is 0. The van der Waals surface area contributed by atoms with Crippen molar-refractivity contribution in [2.24, 2.45) is 0 Å². The van der Waals surface area contributed by atoms with Gasteiger partial charge in [-0.2, -0.15) is 0 Å². The Bertz CT molecular complexity index is 275. The van der Waals surface area contributed by atoms with Gasteiger partial charge in [-0.1, -0.05) is 0 Å². The fourth-order valence-electron chi connectivity index (χ4n) is 2.79. The van der Waals surface area contributed by atoms with Crippen LogP contribution in [0.25, 0.3) is 0 Å². The minimum absolute atomic E-state index is 0.00315. The number of rotatable bonds is 4. The second kappa shape index (κ2) is 5.36. The van der Waals surface area contributed by atoms with Crippen molar-refractivity contribution in [1.29, 1.82) is 0 Å². The normalized spacial score (nSPS) is 31.5.